The molecule has 1 aromatic carbocycles. The number of aliphatic hydroxyl groups is 1. The number of benzene rings is 1. The molecule has 24 heavy (non-hydrogen) atoms. The Balaban J connectivity index is 0.000000379. The number of hydrogen-bond donors (Lipinski definition) is 2. The summed E-state index contributed by atoms with van der Waals surface area (Å²) in [5, 5.41) is 15.4. The van der Waals surface area contributed by atoms with Crippen LogP contribution < -0.4 is 0 Å². The van der Waals surface area contributed by atoms with E-state index in [9.17, 15) is 0 Å². The lowest BCUT2D eigenvalue weighted by molar-refractivity contribution is 0.191. The maximum absolute atomic E-state index is 8.36. The Labute approximate surface area is 148 Å². The van der Waals surface area contributed by atoms with Crippen molar-refractivity contribution in [3.8, 4) is 0 Å². The van der Waals surface area contributed by atoms with E-state index in [0.29, 0.717) is 5.71 Å². The predicted molar refractivity (Wildman–Crippen MR) is 107 cm³/mol. The van der Waals surface area contributed by atoms with Crippen molar-refractivity contribution in [2.24, 2.45) is 0 Å². The number of aliphatic hydroxyl groups excluding tert-OH is 1. The van der Waals surface area contributed by atoms with Gasteiger partial charge >= 0.3 is 0 Å². The molecule has 2 N–H and O–H groups in total. The molecule has 2 rings (SSSR count). The van der Waals surface area contributed by atoms with Gasteiger partial charge in [-0.05, 0) is 70.6 Å². The zero-order valence-corrected chi connectivity index (χ0v) is 16.3. The third-order valence-electron chi connectivity index (χ3n) is 4.10. The van der Waals surface area contributed by atoms with Crippen LogP contribution in [0.4, 0.5) is 0 Å². The van der Waals surface area contributed by atoms with E-state index in [4.69, 9.17) is 10.5 Å². The molecule has 1 aliphatic carbocycles. The van der Waals surface area contributed by atoms with Crippen molar-refractivity contribution in [3.05, 3.63) is 58.7 Å². The summed E-state index contributed by atoms with van der Waals surface area (Å²) >= 11 is 0. The van der Waals surface area contributed by atoms with Crippen molar-refractivity contribution < 1.29 is 5.11 Å². The average molecular weight is 330 g/mol. The van der Waals surface area contributed by atoms with Crippen LogP contribution in [0.1, 0.15) is 65.5 Å². The molecule has 0 saturated carbocycles. The van der Waals surface area contributed by atoms with Crippen LogP contribution in [0.15, 0.2) is 47.6 Å². The SMILES string of the molecule is C/C=C/C(=N)CC.CC1=C(C)Cc2ccccc2C1.CCC(C)O. The fraction of sp³-hybridized carbons (Fsp3) is 0.500. The van der Waals surface area contributed by atoms with E-state index in [1.54, 1.807) is 24.1 Å². The summed E-state index contributed by atoms with van der Waals surface area (Å²) in [6, 6.07) is 8.75. The molecule has 0 heterocycles. The highest BCUT2D eigenvalue weighted by atomic mass is 16.3. The zero-order chi connectivity index (χ0) is 18.5. The topological polar surface area (TPSA) is 44.1 Å². The number of rotatable bonds is 3. The van der Waals surface area contributed by atoms with Crippen molar-refractivity contribution >= 4 is 5.71 Å². The van der Waals surface area contributed by atoms with E-state index in [1.165, 1.54) is 11.1 Å². The standard InChI is InChI=1S/C12H14.C6H11N.C4H10O/c1-9-7-11-5-3-4-6-12(11)8-10(9)2;1-3-5-6(7)4-2;1-3-4(2)5/h3-6H,7-8H2,1-2H3;3,5,7H,4H2,1-2H3;4-5H,3H2,1-2H3/b;5-3+,7-6?;. The highest BCUT2D eigenvalue weighted by Gasteiger charge is 2.10. The number of nitrogens with one attached hydrogen (secondary N) is 1. The Morgan fingerprint density at radius 3 is 1.79 bits per heavy atom. The summed E-state index contributed by atoms with van der Waals surface area (Å²) in [6.45, 7) is 12.1. The molecule has 1 atom stereocenters. The van der Waals surface area contributed by atoms with E-state index < -0.39 is 0 Å². The van der Waals surface area contributed by atoms with Crippen molar-refractivity contribution in [1.82, 2.24) is 0 Å². The van der Waals surface area contributed by atoms with Gasteiger partial charge in [-0.2, -0.15) is 0 Å². The maximum Gasteiger partial charge on any atom is 0.0509 e. The van der Waals surface area contributed by atoms with Gasteiger partial charge in [-0.25, -0.2) is 0 Å². The summed E-state index contributed by atoms with van der Waals surface area (Å²) in [5.74, 6) is 0. The maximum atomic E-state index is 8.36. The molecule has 0 bridgehead atoms. The molecule has 0 radical (unpaired) electrons. The van der Waals surface area contributed by atoms with Crippen molar-refractivity contribution in [3.63, 3.8) is 0 Å². The van der Waals surface area contributed by atoms with Gasteiger partial charge in [0.15, 0.2) is 0 Å². The fourth-order valence-electron chi connectivity index (χ4n) is 2.09. The monoisotopic (exact) mass is 329 g/mol. The Morgan fingerprint density at radius 1 is 1.12 bits per heavy atom. The van der Waals surface area contributed by atoms with Crippen LogP contribution in [0.5, 0.6) is 0 Å². The molecule has 2 heteroatoms. The average Bonchev–Trinajstić information content (AvgIpc) is 2.57. The summed E-state index contributed by atoms with van der Waals surface area (Å²) in [5.41, 5.74) is 6.83. The minimum atomic E-state index is -0.116. The van der Waals surface area contributed by atoms with Gasteiger partial charge in [0.25, 0.3) is 0 Å². The molecule has 1 unspecified atom stereocenters. The van der Waals surface area contributed by atoms with Gasteiger partial charge < -0.3 is 10.5 Å². The Kier molecular flexibility index (Phi) is 11.8. The van der Waals surface area contributed by atoms with Gasteiger partial charge in [-0.3, -0.25) is 0 Å². The smallest absolute Gasteiger partial charge is 0.0509 e. The van der Waals surface area contributed by atoms with Crippen LogP contribution in [0.2, 0.25) is 0 Å². The minimum Gasteiger partial charge on any atom is -0.393 e. The molecule has 0 spiro atoms. The third-order valence-corrected chi connectivity index (χ3v) is 4.10. The summed E-state index contributed by atoms with van der Waals surface area (Å²) < 4.78 is 0. The first-order chi connectivity index (χ1) is 11.3. The lowest BCUT2D eigenvalue weighted by Crippen LogP contribution is -2.04. The van der Waals surface area contributed by atoms with E-state index in [1.807, 2.05) is 26.8 Å². The van der Waals surface area contributed by atoms with Crippen LogP contribution in [-0.4, -0.2) is 16.9 Å². The van der Waals surface area contributed by atoms with Crippen LogP contribution in [-0.2, 0) is 12.8 Å². The first-order valence-electron chi connectivity index (χ1n) is 8.95. The second-order valence-electron chi connectivity index (χ2n) is 6.32. The number of allylic oxidation sites excluding steroid dienone is 4. The molecule has 0 amide bonds. The second-order valence-corrected chi connectivity index (χ2v) is 6.32. The molecule has 1 aliphatic rings. The highest BCUT2D eigenvalue weighted by Crippen LogP contribution is 2.24. The predicted octanol–water partition coefficient (Wildman–Crippen LogP) is 5.89. The number of hydrogen-bond acceptors (Lipinski definition) is 2. The van der Waals surface area contributed by atoms with Crippen LogP contribution in [0.3, 0.4) is 0 Å². The molecule has 2 nitrogen and oxygen atoms in total. The van der Waals surface area contributed by atoms with Gasteiger partial charge in [0.1, 0.15) is 0 Å². The molecule has 0 saturated heterocycles. The zero-order valence-electron chi connectivity index (χ0n) is 16.3. The van der Waals surface area contributed by atoms with E-state index in [0.717, 1.165) is 25.7 Å². The molecule has 1 aromatic rings. The van der Waals surface area contributed by atoms with Gasteiger partial charge in [0.05, 0.1) is 6.10 Å². The van der Waals surface area contributed by atoms with Crippen LogP contribution in [0, 0.1) is 5.41 Å². The van der Waals surface area contributed by atoms with Crippen LogP contribution >= 0.6 is 0 Å². The van der Waals surface area contributed by atoms with Gasteiger partial charge in [0, 0.05) is 5.71 Å². The third kappa shape index (κ3) is 9.46. The van der Waals surface area contributed by atoms with Crippen molar-refractivity contribution in [1.29, 1.82) is 5.41 Å². The molecule has 134 valence electrons. The van der Waals surface area contributed by atoms with E-state index in [2.05, 4.69) is 38.1 Å². The Bertz CT molecular complexity index is 520. The molecule has 0 aromatic heterocycles. The van der Waals surface area contributed by atoms with Crippen LogP contribution in [0.25, 0.3) is 0 Å². The van der Waals surface area contributed by atoms with E-state index in [-0.39, 0.29) is 6.10 Å². The highest BCUT2D eigenvalue weighted by molar-refractivity contribution is 5.91. The second kappa shape index (κ2) is 12.7. The number of fused-ring (bicyclic) bond motifs is 1. The quantitative estimate of drug-likeness (QED) is 0.527. The Morgan fingerprint density at radius 2 is 1.54 bits per heavy atom. The van der Waals surface area contributed by atoms with Gasteiger partial charge in [-0.15, -0.1) is 0 Å². The van der Waals surface area contributed by atoms with Crippen molar-refractivity contribution in [2.75, 3.05) is 0 Å². The molecular weight excluding hydrogens is 294 g/mol. The first-order valence-corrected chi connectivity index (χ1v) is 8.95. The van der Waals surface area contributed by atoms with Crippen molar-refractivity contribution in [2.45, 2.75) is 73.3 Å². The summed E-state index contributed by atoms with van der Waals surface area (Å²) in [4.78, 5) is 0. The molecular formula is C22H35NO. The van der Waals surface area contributed by atoms with Gasteiger partial charge in [-0.1, -0.05) is 55.3 Å². The summed E-state index contributed by atoms with van der Waals surface area (Å²) in [7, 11) is 0. The normalized spacial score (nSPS) is 14.1. The fourth-order valence-corrected chi connectivity index (χ4v) is 2.09. The largest absolute Gasteiger partial charge is 0.393 e. The van der Waals surface area contributed by atoms with Gasteiger partial charge in [0.2, 0.25) is 0 Å². The molecule has 0 aliphatic heterocycles. The molecule has 0 fully saturated rings. The lowest BCUT2D eigenvalue weighted by Gasteiger charge is -2.18. The Hall–Kier alpha value is -1.67. The van der Waals surface area contributed by atoms with E-state index >= 15 is 0 Å². The first kappa shape index (κ1) is 22.3. The summed E-state index contributed by atoms with van der Waals surface area (Å²) in [6.07, 6.45) is 7.58. The minimum absolute atomic E-state index is 0.116. The lowest BCUT2D eigenvalue weighted by atomic mass is 9.88.